The predicted octanol–water partition coefficient (Wildman–Crippen LogP) is 5.37. The zero-order valence-corrected chi connectivity index (χ0v) is 15.0. The summed E-state index contributed by atoms with van der Waals surface area (Å²) in [7, 11) is 0. The van der Waals surface area contributed by atoms with Gasteiger partial charge in [0, 0.05) is 5.56 Å². The molecule has 1 aromatic heterocycles. The molecular formula is C21H18F3NO3. The molecule has 146 valence electrons. The van der Waals surface area contributed by atoms with Crippen LogP contribution in [0.3, 0.4) is 0 Å². The van der Waals surface area contributed by atoms with Crippen molar-refractivity contribution in [3.63, 3.8) is 0 Å². The van der Waals surface area contributed by atoms with Crippen molar-refractivity contribution in [2.24, 2.45) is 0 Å². The lowest BCUT2D eigenvalue weighted by Gasteiger charge is -2.15. The Bertz CT molecular complexity index is 918. The number of carbonyl (C=O) groups is 1. The lowest BCUT2D eigenvalue weighted by Crippen LogP contribution is -2.27. The number of para-hydroxylation sites is 1. The molecule has 1 atom stereocenters. The predicted molar refractivity (Wildman–Crippen MR) is 96.8 cm³/mol. The van der Waals surface area contributed by atoms with Crippen LogP contribution in [0.1, 0.15) is 40.2 Å². The molecule has 0 aliphatic rings. The van der Waals surface area contributed by atoms with E-state index >= 15 is 0 Å². The number of rotatable bonds is 6. The van der Waals surface area contributed by atoms with E-state index in [9.17, 15) is 18.0 Å². The average Bonchev–Trinajstić information content (AvgIpc) is 3.15. The highest BCUT2D eigenvalue weighted by atomic mass is 19.4. The number of ether oxygens (including phenoxy) is 1. The molecule has 4 nitrogen and oxygen atoms in total. The maximum Gasteiger partial charge on any atom is 0.416 e. The van der Waals surface area contributed by atoms with Crippen molar-refractivity contribution in [3.05, 3.63) is 89.4 Å². The molecule has 0 aliphatic carbocycles. The summed E-state index contributed by atoms with van der Waals surface area (Å²) in [6.45, 7) is 1.83. The van der Waals surface area contributed by atoms with Crippen molar-refractivity contribution in [2.45, 2.75) is 25.7 Å². The summed E-state index contributed by atoms with van der Waals surface area (Å²) in [5.74, 6) is 0.298. The first-order valence-corrected chi connectivity index (χ1v) is 8.57. The van der Waals surface area contributed by atoms with Gasteiger partial charge in [-0.15, -0.1) is 0 Å². The highest BCUT2D eigenvalue weighted by Gasteiger charge is 2.30. The van der Waals surface area contributed by atoms with Gasteiger partial charge in [-0.1, -0.05) is 30.3 Å². The Morgan fingerprint density at radius 3 is 2.39 bits per heavy atom. The van der Waals surface area contributed by atoms with Crippen LogP contribution in [0.4, 0.5) is 13.2 Å². The highest BCUT2D eigenvalue weighted by molar-refractivity contribution is 5.93. The van der Waals surface area contributed by atoms with Gasteiger partial charge in [-0.2, -0.15) is 13.2 Å². The molecular weight excluding hydrogens is 371 g/mol. The van der Waals surface area contributed by atoms with Crippen molar-refractivity contribution in [1.29, 1.82) is 0 Å². The molecule has 1 heterocycles. The van der Waals surface area contributed by atoms with E-state index in [2.05, 4.69) is 5.32 Å². The average molecular weight is 389 g/mol. The number of carbonyl (C=O) groups excluding carboxylic acids is 1. The molecule has 0 fully saturated rings. The Kier molecular flexibility index (Phi) is 5.73. The van der Waals surface area contributed by atoms with Crippen LogP contribution in [0.15, 0.2) is 71.3 Å². The minimum Gasteiger partial charge on any atom is -0.489 e. The molecule has 1 amide bonds. The van der Waals surface area contributed by atoms with Crippen molar-refractivity contribution in [2.75, 3.05) is 0 Å². The Morgan fingerprint density at radius 1 is 1.07 bits per heavy atom. The maximum atomic E-state index is 12.7. The molecule has 0 bridgehead atoms. The van der Waals surface area contributed by atoms with Gasteiger partial charge in [-0.05, 0) is 42.8 Å². The van der Waals surface area contributed by atoms with Crippen LogP contribution in [-0.2, 0) is 12.8 Å². The Balaban J connectivity index is 1.64. The number of benzene rings is 2. The summed E-state index contributed by atoms with van der Waals surface area (Å²) in [4.78, 5) is 12.5. The van der Waals surface area contributed by atoms with E-state index < -0.39 is 23.7 Å². The van der Waals surface area contributed by atoms with Crippen LogP contribution in [-0.4, -0.2) is 5.91 Å². The Hall–Kier alpha value is -3.22. The summed E-state index contributed by atoms with van der Waals surface area (Å²) in [5.41, 5.74) is 0.386. The van der Waals surface area contributed by atoms with Gasteiger partial charge in [0.15, 0.2) is 5.76 Å². The molecule has 0 spiro atoms. The monoisotopic (exact) mass is 389 g/mol. The molecule has 2 aromatic carbocycles. The lowest BCUT2D eigenvalue weighted by atomic mass is 10.1. The zero-order chi connectivity index (χ0) is 20.1. The van der Waals surface area contributed by atoms with E-state index in [0.29, 0.717) is 16.9 Å². The third-order valence-electron chi connectivity index (χ3n) is 4.18. The first kappa shape index (κ1) is 19.5. The molecule has 3 aromatic rings. The van der Waals surface area contributed by atoms with Crippen molar-refractivity contribution >= 4 is 5.91 Å². The number of hydrogen-bond donors (Lipinski definition) is 1. The van der Waals surface area contributed by atoms with Gasteiger partial charge >= 0.3 is 6.18 Å². The van der Waals surface area contributed by atoms with E-state index in [1.165, 1.54) is 18.4 Å². The normalized spacial score (nSPS) is 12.4. The fourth-order valence-electron chi connectivity index (χ4n) is 2.63. The third kappa shape index (κ3) is 4.73. The first-order valence-electron chi connectivity index (χ1n) is 8.57. The van der Waals surface area contributed by atoms with Crippen LogP contribution in [0.25, 0.3) is 0 Å². The second kappa shape index (κ2) is 8.21. The number of furan rings is 1. The van der Waals surface area contributed by atoms with Gasteiger partial charge in [0.1, 0.15) is 12.4 Å². The molecule has 1 N–H and O–H groups in total. The number of amides is 1. The fraction of sp³-hybridized carbons (Fsp3) is 0.190. The summed E-state index contributed by atoms with van der Waals surface area (Å²) in [6.07, 6.45) is -3.01. The number of alkyl halides is 3. The molecule has 0 radical (unpaired) electrons. The number of hydrogen-bond acceptors (Lipinski definition) is 3. The molecule has 0 aliphatic heterocycles. The minimum absolute atomic E-state index is 0.106. The minimum atomic E-state index is -4.40. The van der Waals surface area contributed by atoms with Gasteiger partial charge in [0.2, 0.25) is 0 Å². The van der Waals surface area contributed by atoms with Crippen LogP contribution in [0, 0.1) is 0 Å². The van der Waals surface area contributed by atoms with Crippen molar-refractivity contribution in [1.82, 2.24) is 5.32 Å². The van der Waals surface area contributed by atoms with Crippen molar-refractivity contribution < 1.29 is 27.1 Å². The SMILES string of the molecule is CC(NC(=O)c1occc1COc1ccccc1)c1ccc(C(F)(F)F)cc1. The lowest BCUT2D eigenvalue weighted by molar-refractivity contribution is -0.137. The second-order valence-electron chi connectivity index (χ2n) is 6.19. The number of nitrogens with one attached hydrogen (secondary N) is 1. The third-order valence-corrected chi connectivity index (χ3v) is 4.18. The highest BCUT2D eigenvalue weighted by Crippen LogP contribution is 2.30. The standard InChI is InChI=1S/C21H18F3NO3/c1-14(15-7-9-17(10-8-15)21(22,23)24)25-20(26)19-16(11-12-27-19)13-28-18-5-3-2-4-6-18/h2-12,14H,13H2,1H3,(H,25,26). The molecule has 1 unspecified atom stereocenters. The van der Waals surface area contributed by atoms with Gasteiger partial charge in [-0.3, -0.25) is 4.79 Å². The first-order chi connectivity index (χ1) is 13.3. The Morgan fingerprint density at radius 2 is 1.75 bits per heavy atom. The van der Waals surface area contributed by atoms with Gasteiger partial charge in [-0.25, -0.2) is 0 Å². The smallest absolute Gasteiger partial charge is 0.416 e. The van der Waals surface area contributed by atoms with Crippen LogP contribution in [0.5, 0.6) is 5.75 Å². The zero-order valence-electron chi connectivity index (χ0n) is 15.0. The van der Waals surface area contributed by atoms with Crippen LogP contribution >= 0.6 is 0 Å². The van der Waals surface area contributed by atoms with E-state index in [1.54, 1.807) is 25.1 Å². The summed E-state index contributed by atoms with van der Waals surface area (Å²) >= 11 is 0. The van der Waals surface area contributed by atoms with E-state index in [1.807, 2.05) is 18.2 Å². The largest absolute Gasteiger partial charge is 0.489 e. The molecule has 28 heavy (non-hydrogen) atoms. The summed E-state index contributed by atoms with van der Waals surface area (Å²) < 4.78 is 48.9. The topological polar surface area (TPSA) is 51.5 Å². The van der Waals surface area contributed by atoms with Gasteiger partial charge in [0.05, 0.1) is 17.9 Å². The molecule has 0 saturated heterocycles. The quantitative estimate of drug-likeness (QED) is 0.617. The van der Waals surface area contributed by atoms with Crippen LogP contribution in [0.2, 0.25) is 0 Å². The number of halogens is 3. The molecule has 0 saturated carbocycles. The molecule has 7 heteroatoms. The van der Waals surface area contributed by atoms with E-state index in [0.717, 1.165) is 12.1 Å². The Labute approximate surface area is 159 Å². The van der Waals surface area contributed by atoms with Gasteiger partial charge in [0.25, 0.3) is 5.91 Å². The summed E-state index contributed by atoms with van der Waals surface area (Å²) in [5, 5.41) is 2.73. The maximum absolute atomic E-state index is 12.7. The van der Waals surface area contributed by atoms with E-state index in [-0.39, 0.29) is 12.4 Å². The second-order valence-corrected chi connectivity index (χ2v) is 6.19. The van der Waals surface area contributed by atoms with Crippen LogP contribution < -0.4 is 10.1 Å². The molecule has 3 rings (SSSR count). The van der Waals surface area contributed by atoms with Gasteiger partial charge < -0.3 is 14.5 Å². The summed E-state index contributed by atoms with van der Waals surface area (Å²) in [6, 6.07) is 14.9. The van der Waals surface area contributed by atoms with E-state index in [4.69, 9.17) is 9.15 Å². The van der Waals surface area contributed by atoms with Crippen molar-refractivity contribution in [3.8, 4) is 5.75 Å². The fourth-order valence-corrected chi connectivity index (χ4v) is 2.63.